The van der Waals surface area contributed by atoms with Crippen LogP contribution in [0.5, 0.6) is 0 Å². The molecule has 9 nitrogen and oxygen atoms in total. The molecule has 3 fully saturated rings. The Morgan fingerprint density at radius 1 is 1.16 bits per heavy atom. The van der Waals surface area contributed by atoms with Crippen LogP contribution in [0.2, 0.25) is 0 Å². The SMILES string of the molecule is CC(c1ccc(-n2ccc(NC(=O)N3CCNCC3)nc2=O)cc1)N1C[C@@H]2[C@@H](N)[C@@H]2C1. The van der Waals surface area contributed by atoms with Crippen molar-refractivity contribution in [3.8, 4) is 5.69 Å². The number of anilines is 1. The molecule has 2 aliphatic heterocycles. The summed E-state index contributed by atoms with van der Waals surface area (Å²) in [5.74, 6) is 1.59. The summed E-state index contributed by atoms with van der Waals surface area (Å²) >= 11 is 0. The first-order valence-electron chi connectivity index (χ1n) is 11.0. The minimum Gasteiger partial charge on any atom is -0.327 e. The van der Waals surface area contributed by atoms with Gasteiger partial charge in [-0.25, -0.2) is 9.59 Å². The quantitative estimate of drug-likeness (QED) is 0.665. The summed E-state index contributed by atoms with van der Waals surface area (Å²) in [7, 11) is 0. The Morgan fingerprint density at radius 3 is 2.48 bits per heavy atom. The number of rotatable bonds is 4. The average Bonchev–Trinajstić information content (AvgIpc) is 3.19. The first-order valence-corrected chi connectivity index (χ1v) is 11.0. The molecule has 1 aromatic carbocycles. The van der Waals surface area contributed by atoms with Crippen LogP contribution < -0.4 is 22.1 Å². The minimum atomic E-state index is -0.424. The zero-order valence-corrected chi connectivity index (χ0v) is 17.7. The molecule has 9 heteroatoms. The summed E-state index contributed by atoms with van der Waals surface area (Å²) in [5, 5.41) is 5.92. The molecule has 1 saturated carbocycles. The number of hydrogen-bond donors (Lipinski definition) is 3. The molecule has 0 spiro atoms. The van der Waals surface area contributed by atoms with Gasteiger partial charge in [0, 0.05) is 57.5 Å². The Hall–Kier alpha value is -2.75. The molecule has 1 aromatic heterocycles. The summed E-state index contributed by atoms with van der Waals surface area (Å²) in [6.07, 6.45) is 1.65. The number of carbonyl (C=O) groups excluding carboxylic acids is 1. The average molecular weight is 424 g/mol. The Bertz CT molecular complexity index is 1000. The van der Waals surface area contributed by atoms with Crippen LogP contribution in [-0.4, -0.2) is 70.7 Å². The van der Waals surface area contributed by atoms with E-state index in [0.717, 1.165) is 31.9 Å². The molecule has 3 aliphatic rings. The lowest BCUT2D eigenvalue weighted by Gasteiger charge is -2.27. The third kappa shape index (κ3) is 3.96. The number of piperidine rings is 1. The van der Waals surface area contributed by atoms with E-state index in [9.17, 15) is 9.59 Å². The van der Waals surface area contributed by atoms with Crippen molar-refractivity contribution in [2.24, 2.45) is 17.6 Å². The first-order chi connectivity index (χ1) is 15.0. The molecular formula is C22H29N7O2. The fourth-order valence-corrected chi connectivity index (χ4v) is 4.77. The van der Waals surface area contributed by atoms with Crippen molar-refractivity contribution in [1.29, 1.82) is 0 Å². The Kier molecular flexibility index (Phi) is 5.25. The van der Waals surface area contributed by atoms with Gasteiger partial charge in [-0.1, -0.05) is 12.1 Å². The van der Waals surface area contributed by atoms with E-state index >= 15 is 0 Å². The number of aromatic nitrogens is 2. The third-order valence-electron chi connectivity index (χ3n) is 6.93. The molecule has 4 atom stereocenters. The van der Waals surface area contributed by atoms with Crippen molar-refractivity contribution in [2.75, 3.05) is 44.6 Å². The standard InChI is InChI=1S/C22H29N7O2/c1-14(28-12-17-18(13-28)20(17)23)15-2-4-16(5-3-15)29-9-6-19(26-22(29)31)25-21(30)27-10-7-24-8-11-27/h2-6,9,14,17-18,20,24H,7-8,10-13,23H2,1H3,(H,25,26,30,31)/t14?,17-,18+,20+. The van der Waals surface area contributed by atoms with Crippen LogP contribution in [0, 0.1) is 11.8 Å². The van der Waals surface area contributed by atoms with Gasteiger partial charge in [-0.05, 0) is 42.5 Å². The van der Waals surface area contributed by atoms with Crippen molar-refractivity contribution >= 4 is 11.8 Å². The zero-order valence-electron chi connectivity index (χ0n) is 17.7. The molecule has 0 bridgehead atoms. The van der Waals surface area contributed by atoms with Crippen molar-refractivity contribution in [3.63, 3.8) is 0 Å². The van der Waals surface area contributed by atoms with Gasteiger partial charge in [0.25, 0.3) is 0 Å². The molecule has 4 N–H and O–H groups in total. The van der Waals surface area contributed by atoms with Gasteiger partial charge in [0.15, 0.2) is 0 Å². The number of nitrogens with one attached hydrogen (secondary N) is 2. The molecule has 5 rings (SSSR count). The zero-order chi connectivity index (χ0) is 21.5. The van der Waals surface area contributed by atoms with Gasteiger partial charge in [0.1, 0.15) is 5.82 Å². The van der Waals surface area contributed by atoms with Gasteiger partial charge in [0.05, 0.1) is 5.69 Å². The first kappa shape index (κ1) is 20.2. The van der Waals surface area contributed by atoms with Crippen molar-refractivity contribution in [3.05, 3.63) is 52.6 Å². The van der Waals surface area contributed by atoms with Crippen LogP contribution >= 0.6 is 0 Å². The Labute approximate surface area is 181 Å². The van der Waals surface area contributed by atoms with Crippen molar-refractivity contribution < 1.29 is 4.79 Å². The summed E-state index contributed by atoms with van der Waals surface area (Å²) in [5.41, 5.74) is 7.60. The number of hydrogen-bond acceptors (Lipinski definition) is 6. The molecule has 1 aliphatic carbocycles. The van der Waals surface area contributed by atoms with Gasteiger partial charge in [-0.3, -0.25) is 14.8 Å². The summed E-state index contributed by atoms with van der Waals surface area (Å²) in [6, 6.07) is 10.2. The van der Waals surface area contributed by atoms with Crippen molar-refractivity contribution in [1.82, 2.24) is 24.7 Å². The van der Waals surface area contributed by atoms with E-state index in [2.05, 4.69) is 39.6 Å². The second-order valence-corrected chi connectivity index (χ2v) is 8.76. The highest BCUT2D eigenvalue weighted by atomic mass is 16.2. The molecule has 2 aromatic rings. The molecular weight excluding hydrogens is 394 g/mol. The number of piperazine rings is 1. The van der Waals surface area contributed by atoms with E-state index in [-0.39, 0.29) is 11.8 Å². The maximum absolute atomic E-state index is 12.6. The fourth-order valence-electron chi connectivity index (χ4n) is 4.77. The minimum absolute atomic E-state index is 0.231. The summed E-state index contributed by atoms with van der Waals surface area (Å²) in [6.45, 7) is 7.17. The van der Waals surface area contributed by atoms with E-state index < -0.39 is 5.69 Å². The van der Waals surface area contributed by atoms with Gasteiger partial charge >= 0.3 is 11.7 Å². The lowest BCUT2D eigenvalue weighted by Crippen LogP contribution is -2.48. The monoisotopic (exact) mass is 423 g/mol. The topological polar surface area (TPSA) is 109 Å². The third-order valence-corrected chi connectivity index (χ3v) is 6.93. The Balaban J connectivity index is 1.24. The predicted octanol–water partition coefficient (Wildman–Crippen LogP) is 0.620. The fraction of sp³-hybridized carbons (Fsp3) is 0.500. The summed E-state index contributed by atoms with van der Waals surface area (Å²) < 4.78 is 1.49. The van der Waals surface area contributed by atoms with Crippen molar-refractivity contribution in [2.45, 2.75) is 19.0 Å². The van der Waals surface area contributed by atoms with Gasteiger partial charge in [-0.2, -0.15) is 4.98 Å². The van der Waals surface area contributed by atoms with Gasteiger partial charge in [0.2, 0.25) is 0 Å². The number of nitrogens with two attached hydrogens (primary N) is 1. The van der Waals surface area contributed by atoms with Crippen LogP contribution in [0.25, 0.3) is 5.69 Å². The smallest absolute Gasteiger partial charge is 0.327 e. The van der Waals surface area contributed by atoms with E-state index in [1.807, 2.05) is 12.1 Å². The van der Waals surface area contributed by atoms with Crippen LogP contribution in [0.3, 0.4) is 0 Å². The van der Waals surface area contributed by atoms with E-state index in [0.29, 0.717) is 37.0 Å². The van der Waals surface area contributed by atoms with Crippen LogP contribution in [-0.2, 0) is 0 Å². The van der Waals surface area contributed by atoms with E-state index in [1.54, 1.807) is 17.2 Å². The molecule has 2 saturated heterocycles. The van der Waals surface area contributed by atoms with Gasteiger partial charge in [-0.15, -0.1) is 0 Å². The molecule has 0 radical (unpaired) electrons. The van der Waals surface area contributed by atoms with Crippen LogP contribution in [0.1, 0.15) is 18.5 Å². The number of likely N-dealkylation sites (tertiary alicyclic amines) is 1. The maximum Gasteiger partial charge on any atom is 0.354 e. The van der Waals surface area contributed by atoms with E-state index in [1.165, 1.54) is 10.1 Å². The highest BCUT2D eigenvalue weighted by Crippen LogP contribution is 2.46. The number of carbonyl (C=O) groups is 1. The lowest BCUT2D eigenvalue weighted by molar-refractivity contribution is 0.204. The molecule has 3 heterocycles. The number of benzene rings is 1. The van der Waals surface area contributed by atoms with E-state index in [4.69, 9.17) is 5.73 Å². The molecule has 31 heavy (non-hydrogen) atoms. The second kappa shape index (κ2) is 8.07. The lowest BCUT2D eigenvalue weighted by atomic mass is 10.1. The van der Waals surface area contributed by atoms with Gasteiger partial charge < -0.3 is 16.0 Å². The highest BCUT2D eigenvalue weighted by Gasteiger charge is 2.54. The van der Waals surface area contributed by atoms with Crippen LogP contribution in [0.15, 0.2) is 41.3 Å². The second-order valence-electron chi connectivity index (χ2n) is 8.76. The molecule has 1 unspecified atom stereocenters. The molecule has 164 valence electrons. The molecule has 2 amide bonds. The Morgan fingerprint density at radius 2 is 1.84 bits per heavy atom. The normalized spacial score (nSPS) is 26.4. The number of urea groups is 1. The largest absolute Gasteiger partial charge is 0.354 e. The van der Waals surface area contributed by atoms with Crippen LogP contribution in [0.4, 0.5) is 10.6 Å². The summed E-state index contributed by atoms with van der Waals surface area (Å²) in [4.78, 5) is 33.1. The number of amides is 2. The maximum atomic E-state index is 12.6. The number of fused-ring (bicyclic) bond motifs is 1. The predicted molar refractivity (Wildman–Crippen MR) is 118 cm³/mol. The highest BCUT2D eigenvalue weighted by molar-refractivity contribution is 5.88. The number of nitrogens with zero attached hydrogens (tertiary/aromatic N) is 4.